The molecule has 0 saturated heterocycles. The number of rotatable bonds is 7. The van der Waals surface area contributed by atoms with Crippen molar-refractivity contribution in [2.75, 3.05) is 6.61 Å². The summed E-state index contributed by atoms with van der Waals surface area (Å²) in [4.78, 5) is 23.5. The number of halogens is 3. The van der Waals surface area contributed by atoms with Gasteiger partial charge in [0.15, 0.2) is 6.61 Å². The number of amides is 1. The van der Waals surface area contributed by atoms with Gasteiger partial charge in [0.25, 0.3) is 5.91 Å². The Morgan fingerprint density at radius 3 is 2.52 bits per heavy atom. The molecule has 3 rings (SSSR count). The normalized spacial score (nSPS) is 15.0. The van der Waals surface area contributed by atoms with E-state index in [1.165, 1.54) is 12.1 Å². The van der Waals surface area contributed by atoms with Gasteiger partial charge < -0.3 is 9.64 Å². The van der Waals surface area contributed by atoms with E-state index in [1.807, 2.05) is 45.1 Å². The SMILES string of the molecule is C/C=C1\C=NC(C(=O)N(Cc2ccnc(-c3ccc(OCC(F)(F)F)cc3)c2)C(C)C)=CC1. The molecule has 1 aliphatic rings. The minimum atomic E-state index is -4.39. The predicted molar refractivity (Wildman–Crippen MR) is 122 cm³/mol. The first-order valence-electron chi connectivity index (χ1n) is 10.6. The highest BCUT2D eigenvalue weighted by Gasteiger charge is 2.28. The Balaban J connectivity index is 1.73. The van der Waals surface area contributed by atoms with Gasteiger partial charge in [-0.05, 0) is 80.8 Å². The molecule has 0 aliphatic carbocycles. The molecule has 0 spiro atoms. The van der Waals surface area contributed by atoms with Crippen LogP contribution in [0.4, 0.5) is 13.2 Å². The molecule has 0 atom stereocenters. The molecule has 0 bridgehead atoms. The summed E-state index contributed by atoms with van der Waals surface area (Å²) in [6.07, 6.45) is 3.47. The minimum absolute atomic E-state index is 0.0432. The van der Waals surface area contributed by atoms with Gasteiger partial charge in [0.1, 0.15) is 11.4 Å². The Bertz CT molecular complexity index is 1070. The number of pyridine rings is 1. The van der Waals surface area contributed by atoms with Crippen molar-refractivity contribution in [2.24, 2.45) is 4.99 Å². The third-order valence-electron chi connectivity index (χ3n) is 5.10. The maximum Gasteiger partial charge on any atom is 0.422 e. The van der Waals surface area contributed by atoms with Crippen LogP contribution in [0, 0.1) is 0 Å². The molecular formula is C25H26F3N3O2. The first kappa shape index (κ1) is 24.2. The van der Waals surface area contributed by atoms with Gasteiger partial charge in [-0.3, -0.25) is 14.8 Å². The van der Waals surface area contributed by atoms with Crippen LogP contribution in [0.3, 0.4) is 0 Å². The highest BCUT2D eigenvalue weighted by molar-refractivity contribution is 5.97. The number of benzene rings is 1. The number of hydrogen-bond acceptors (Lipinski definition) is 4. The lowest BCUT2D eigenvalue weighted by Crippen LogP contribution is -2.37. The minimum Gasteiger partial charge on any atom is -0.484 e. The van der Waals surface area contributed by atoms with Gasteiger partial charge in [0, 0.05) is 30.6 Å². The molecular weight excluding hydrogens is 431 g/mol. The number of aliphatic imine (C=N–C) groups is 1. The molecule has 8 heteroatoms. The summed E-state index contributed by atoms with van der Waals surface area (Å²) in [5, 5.41) is 0. The number of carbonyl (C=O) groups excluding carboxylic acids is 1. The van der Waals surface area contributed by atoms with E-state index in [4.69, 9.17) is 4.74 Å². The third-order valence-corrected chi connectivity index (χ3v) is 5.10. The lowest BCUT2D eigenvalue weighted by Gasteiger charge is -2.27. The van der Waals surface area contributed by atoms with E-state index < -0.39 is 12.8 Å². The monoisotopic (exact) mass is 457 g/mol. The van der Waals surface area contributed by atoms with Crippen molar-refractivity contribution < 1.29 is 22.7 Å². The summed E-state index contributed by atoms with van der Waals surface area (Å²) in [7, 11) is 0. The maximum absolute atomic E-state index is 13.1. The molecule has 5 nitrogen and oxygen atoms in total. The average Bonchev–Trinajstić information content (AvgIpc) is 2.81. The Morgan fingerprint density at radius 1 is 1.21 bits per heavy atom. The zero-order chi connectivity index (χ0) is 24.0. The number of ether oxygens (including phenoxy) is 1. The van der Waals surface area contributed by atoms with Gasteiger partial charge in [0.2, 0.25) is 0 Å². The van der Waals surface area contributed by atoms with Crippen molar-refractivity contribution in [3.05, 3.63) is 71.6 Å². The Labute approximate surface area is 191 Å². The molecule has 174 valence electrons. The second kappa shape index (κ2) is 10.5. The molecule has 1 amide bonds. The number of alkyl halides is 3. The van der Waals surface area contributed by atoms with Crippen LogP contribution in [-0.2, 0) is 11.3 Å². The van der Waals surface area contributed by atoms with E-state index in [0.717, 1.165) is 16.7 Å². The fraction of sp³-hybridized carbons (Fsp3) is 0.320. The summed E-state index contributed by atoms with van der Waals surface area (Å²) in [5.41, 5.74) is 3.76. The van der Waals surface area contributed by atoms with Gasteiger partial charge in [-0.2, -0.15) is 13.2 Å². The van der Waals surface area contributed by atoms with Gasteiger partial charge in [-0.25, -0.2) is 0 Å². The van der Waals surface area contributed by atoms with Gasteiger partial charge in [0.05, 0.1) is 5.69 Å². The molecule has 1 aromatic heterocycles. The summed E-state index contributed by atoms with van der Waals surface area (Å²) in [6.45, 7) is 4.87. The fourth-order valence-electron chi connectivity index (χ4n) is 3.26. The Kier molecular flexibility index (Phi) is 7.68. The van der Waals surface area contributed by atoms with E-state index in [9.17, 15) is 18.0 Å². The molecule has 2 aromatic rings. The summed E-state index contributed by atoms with van der Waals surface area (Å²) in [5.74, 6) is -0.00729. The van der Waals surface area contributed by atoms with Crippen LogP contribution in [0.5, 0.6) is 5.75 Å². The molecule has 0 unspecified atom stereocenters. The average molecular weight is 457 g/mol. The van der Waals surface area contributed by atoms with Gasteiger partial charge in [-0.15, -0.1) is 0 Å². The molecule has 2 heterocycles. The lowest BCUT2D eigenvalue weighted by atomic mass is 10.1. The fourth-order valence-corrected chi connectivity index (χ4v) is 3.26. The smallest absolute Gasteiger partial charge is 0.422 e. The molecule has 0 fully saturated rings. The van der Waals surface area contributed by atoms with Crippen LogP contribution in [0.25, 0.3) is 11.3 Å². The van der Waals surface area contributed by atoms with Crippen LogP contribution in [0.15, 0.2) is 71.0 Å². The van der Waals surface area contributed by atoms with Crippen molar-refractivity contribution in [3.63, 3.8) is 0 Å². The topological polar surface area (TPSA) is 54.8 Å². The van der Waals surface area contributed by atoms with E-state index >= 15 is 0 Å². The second-order valence-electron chi connectivity index (χ2n) is 7.92. The Morgan fingerprint density at radius 2 is 1.94 bits per heavy atom. The number of nitrogens with zero attached hydrogens (tertiary/aromatic N) is 3. The molecule has 0 N–H and O–H groups in total. The van der Waals surface area contributed by atoms with Crippen LogP contribution in [0.2, 0.25) is 0 Å². The molecule has 1 aromatic carbocycles. The Hall–Kier alpha value is -3.42. The summed E-state index contributed by atoms with van der Waals surface area (Å²) < 4.78 is 41.7. The largest absolute Gasteiger partial charge is 0.484 e. The molecule has 33 heavy (non-hydrogen) atoms. The predicted octanol–water partition coefficient (Wildman–Crippen LogP) is 5.73. The highest BCUT2D eigenvalue weighted by atomic mass is 19.4. The van der Waals surface area contributed by atoms with Crippen LogP contribution in [0.1, 0.15) is 32.8 Å². The van der Waals surface area contributed by atoms with Gasteiger partial charge in [-0.1, -0.05) is 6.08 Å². The van der Waals surface area contributed by atoms with Crippen LogP contribution in [-0.4, -0.2) is 40.8 Å². The number of allylic oxidation sites excluding steroid dienone is 3. The van der Waals surface area contributed by atoms with Crippen LogP contribution >= 0.6 is 0 Å². The molecule has 1 aliphatic heterocycles. The second-order valence-corrected chi connectivity index (χ2v) is 7.92. The van der Waals surface area contributed by atoms with E-state index in [-0.39, 0.29) is 17.7 Å². The van der Waals surface area contributed by atoms with E-state index in [2.05, 4.69) is 9.98 Å². The summed E-state index contributed by atoms with van der Waals surface area (Å²) in [6, 6.07) is 9.93. The van der Waals surface area contributed by atoms with Crippen LogP contribution < -0.4 is 4.74 Å². The summed E-state index contributed by atoms with van der Waals surface area (Å²) >= 11 is 0. The number of hydrogen-bond donors (Lipinski definition) is 0. The van der Waals surface area contributed by atoms with Crippen molar-refractivity contribution in [2.45, 2.75) is 46.0 Å². The first-order chi connectivity index (χ1) is 15.7. The zero-order valence-corrected chi connectivity index (χ0v) is 18.8. The highest BCUT2D eigenvalue weighted by Crippen LogP contribution is 2.24. The number of carbonyl (C=O) groups is 1. The van der Waals surface area contributed by atoms with E-state index in [1.54, 1.807) is 29.4 Å². The van der Waals surface area contributed by atoms with Crippen molar-refractivity contribution in [3.8, 4) is 17.0 Å². The number of aromatic nitrogens is 1. The maximum atomic E-state index is 13.1. The zero-order valence-electron chi connectivity index (χ0n) is 18.8. The van der Waals surface area contributed by atoms with Crippen molar-refractivity contribution >= 4 is 12.1 Å². The van der Waals surface area contributed by atoms with E-state index in [0.29, 0.717) is 24.4 Å². The van der Waals surface area contributed by atoms with Crippen molar-refractivity contribution in [1.82, 2.24) is 9.88 Å². The van der Waals surface area contributed by atoms with Gasteiger partial charge >= 0.3 is 6.18 Å². The lowest BCUT2D eigenvalue weighted by molar-refractivity contribution is -0.153. The molecule has 0 saturated carbocycles. The third kappa shape index (κ3) is 6.78. The van der Waals surface area contributed by atoms with Crippen molar-refractivity contribution in [1.29, 1.82) is 0 Å². The standard InChI is InChI=1S/C25H26F3N3O2/c1-4-18-5-10-22(30-14-18)24(32)31(17(2)3)15-19-11-12-29-23(13-19)20-6-8-21(9-7-20)33-16-25(26,27)28/h4,6-14,17H,5,15-16H2,1-3H3/b18-4-. The first-order valence-corrected chi connectivity index (χ1v) is 10.6. The quantitative estimate of drug-likeness (QED) is 0.534. The molecule has 0 radical (unpaired) electrons.